The van der Waals surface area contributed by atoms with Crippen molar-refractivity contribution in [3.63, 3.8) is 0 Å². The van der Waals surface area contributed by atoms with E-state index in [4.69, 9.17) is 0 Å². The zero-order valence-corrected chi connectivity index (χ0v) is 18.2. The molecule has 27 heavy (non-hydrogen) atoms. The first-order valence-electron chi connectivity index (χ1n) is 9.97. The molecule has 0 saturated carbocycles. The van der Waals surface area contributed by atoms with Gasteiger partial charge in [0.1, 0.15) is 0 Å². The van der Waals surface area contributed by atoms with Crippen molar-refractivity contribution in [2.24, 2.45) is 7.05 Å². The van der Waals surface area contributed by atoms with Crippen LogP contribution in [0.5, 0.6) is 0 Å². The molecule has 5 nitrogen and oxygen atoms in total. The minimum atomic E-state index is 0.0639. The van der Waals surface area contributed by atoms with Gasteiger partial charge in [-0.3, -0.25) is 0 Å². The number of carbonyl (C=O) groups is 1. The van der Waals surface area contributed by atoms with Crippen LogP contribution in [0.2, 0.25) is 0 Å². The number of nitrogens with one attached hydrogen (secondary N) is 1. The molecular formula is C21H29BrN4O. The molecule has 1 aromatic carbocycles. The predicted molar refractivity (Wildman–Crippen MR) is 113 cm³/mol. The van der Waals surface area contributed by atoms with Gasteiger partial charge in [-0.2, -0.15) is 0 Å². The van der Waals surface area contributed by atoms with Crippen LogP contribution in [-0.4, -0.2) is 59.2 Å². The number of piperidine rings is 1. The van der Waals surface area contributed by atoms with Crippen molar-refractivity contribution < 1.29 is 4.79 Å². The van der Waals surface area contributed by atoms with E-state index in [1.165, 1.54) is 26.6 Å². The van der Waals surface area contributed by atoms with E-state index in [0.29, 0.717) is 12.0 Å². The summed E-state index contributed by atoms with van der Waals surface area (Å²) in [5, 5.41) is 4.70. The lowest BCUT2D eigenvalue weighted by molar-refractivity contribution is 0.124. The smallest absolute Gasteiger partial charge is 0.317 e. The summed E-state index contributed by atoms with van der Waals surface area (Å²) < 4.78 is 3.46. The van der Waals surface area contributed by atoms with E-state index in [-0.39, 0.29) is 12.1 Å². The highest BCUT2D eigenvalue weighted by molar-refractivity contribution is 9.10. The van der Waals surface area contributed by atoms with Crippen molar-refractivity contribution in [2.45, 2.75) is 44.7 Å². The van der Waals surface area contributed by atoms with Crippen LogP contribution in [-0.2, 0) is 13.5 Å². The van der Waals surface area contributed by atoms with Crippen LogP contribution in [0.3, 0.4) is 0 Å². The first-order chi connectivity index (χ1) is 13.0. The van der Waals surface area contributed by atoms with Crippen molar-refractivity contribution in [1.82, 2.24) is 19.7 Å². The molecule has 0 unspecified atom stereocenters. The monoisotopic (exact) mass is 432 g/mol. The number of carbonyl (C=O) groups excluding carboxylic acids is 1. The van der Waals surface area contributed by atoms with Crippen LogP contribution in [0, 0.1) is 0 Å². The number of hydrogen-bond donors (Lipinski definition) is 1. The van der Waals surface area contributed by atoms with Crippen LogP contribution in [0.1, 0.15) is 37.3 Å². The molecular weight excluding hydrogens is 404 g/mol. The molecule has 146 valence electrons. The zero-order valence-electron chi connectivity index (χ0n) is 16.6. The molecule has 1 saturated heterocycles. The quantitative estimate of drug-likeness (QED) is 0.802. The van der Waals surface area contributed by atoms with Gasteiger partial charge in [0.25, 0.3) is 0 Å². The summed E-state index contributed by atoms with van der Waals surface area (Å²) in [5.74, 6) is 0.455. The molecule has 0 spiro atoms. The number of aromatic nitrogens is 1. The second kappa shape index (κ2) is 7.13. The van der Waals surface area contributed by atoms with Gasteiger partial charge in [-0.05, 0) is 66.9 Å². The van der Waals surface area contributed by atoms with Gasteiger partial charge in [0.15, 0.2) is 0 Å². The Labute approximate surface area is 169 Å². The van der Waals surface area contributed by atoms with Gasteiger partial charge in [-0.25, -0.2) is 4.79 Å². The largest absolute Gasteiger partial charge is 0.338 e. The Kier molecular flexibility index (Phi) is 4.97. The molecule has 2 aromatic rings. The third kappa shape index (κ3) is 2.97. The zero-order chi connectivity index (χ0) is 19.3. The fraction of sp³-hybridized carbons (Fsp3) is 0.571. The first-order valence-corrected chi connectivity index (χ1v) is 10.8. The lowest BCUT2D eigenvalue weighted by Gasteiger charge is -2.46. The predicted octanol–water partition coefficient (Wildman–Crippen LogP) is 3.70. The second-order valence-electron chi connectivity index (χ2n) is 7.94. The number of amides is 2. The number of urea groups is 1. The number of halogens is 1. The van der Waals surface area contributed by atoms with E-state index < -0.39 is 0 Å². The average molecular weight is 433 g/mol. The number of benzene rings is 1. The SMILES string of the molecule is CCN(CC)C(=O)N[C@H]1C[C@@H]2c3cccc4c3c(c(Br)n4C)C[C@H]2N(C)C1. The maximum atomic E-state index is 12.6. The van der Waals surface area contributed by atoms with Crippen molar-refractivity contribution in [1.29, 1.82) is 0 Å². The van der Waals surface area contributed by atoms with Gasteiger partial charge in [-0.15, -0.1) is 0 Å². The molecule has 3 atom stereocenters. The van der Waals surface area contributed by atoms with Gasteiger partial charge >= 0.3 is 6.03 Å². The van der Waals surface area contributed by atoms with E-state index in [1.54, 1.807) is 0 Å². The van der Waals surface area contributed by atoms with Gasteiger partial charge in [0, 0.05) is 55.6 Å². The highest BCUT2D eigenvalue weighted by Gasteiger charge is 2.41. The summed E-state index contributed by atoms with van der Waals surface area (Å²) in [6.07, 6.45) is 2.07. The maximum Gasteiger partial charge on any atom is 0.317 e. The number of rotatable bonds is 3. The third-order valence-corrected chi connectivity index (χ3v) is 7.56. The summed E-state index contributed by atoms with van der Waals surface area (Å²) in [6, 6.07) is 7.41. The standard InChI is InChI=1S/C21H29BrN4O/c1-5-26(6-2)21(27)23-13-10-15-14-8-7-9-17-19(14)16(20(22)25(17)4)11-18(15)24(3)12-13/h7-9,13,15,18H,5-6,10-12H2,1-4H3,(H,23,27)/t13-,15+,18+/m0/s1. The molecule has 2 aliphatic rings. The maximum absolute atomic E-state index is 12.6. The lowest BCUT2D eigenvalue weighted by atomic mass is 9.74. The molecule has 4 rings (SSSR count). The van der Waals surface area contributed by atoms with Gasteiger partial charge in [-0.1, -0.05) is 12.1 Å². The molecule has 0 bridgehead atoms. The van der Waals surface area contributed by atoms with E-state index >= 15 is 0 Å². The first kappa shape index (κ1) is 18.8. The summed E-state index contributed by atoms with van der Waals surface area (Å²) in [5.41, 5.74) is 4.17. The number of nitrogens with zero attached hydrogens (tertiary/aromatic N) is 3. The third-order valence-electron chi connectivity index (χ3n) is 6.55. The number of hydrogen-bond acceptors (Lipinski definition) is 2. The van der Waals surface area contributed by atoms with Crippen molar-refractivity contribution in [3.8, 4) is 0 Å². The van der Waals surface area contributed by atoms with Gasteiger partial charge in [0.2, 0.25) is 0 Å². The minimum Gasteiger partial charge on any atom is -0.338 e. The normalized spacial score (nSPS) is 24.7. The van der Waals surface area contributed by atoms with Gasteiger partial charge in [0.05, 0.1) is 4.60 Å². The van der Waals surface area contributed by atoms with Crippen LogP contribution < -0.4 is 5.32 Å². The molecule has 1 aliphatic heterocycles. The summed E-state index contributed by atoms with van der Waals surface area (Å²) in [6.45, 7) is 6.46. The average Bonchev–Trinajstić information content (AvgIpc) is 2.90. The second-order valence-corrected chi connectivity index (χ2v) is 8.69. The van der Waals surface area contributed by atoms with Crippen LogP contribution in [0.15, 0.2) is 22.8 Å². The van der Waals surface area contributed by atoms with Crippen LogP contribution >= 0.6 is 15.9 Å². The molecule has 6 heteroatoms. The molecule has 0 radical (unpaired) electrons. The highest BCUT2D eigenvalue weighted by atomic mass is 79.9. The van der Waals surface area contributed by atoms with Gasteiger partial charge < -0.3 is 19.7 Å². The number of fused-ring (bicyclic) bond motifs is 2. The number of likely N-dealkylation sites (N-methyl/N-ethyl adjacent to an activating group) is 1. The lowest BCUT2D eigenvalue weighted by Crippen LogP contribution is -2.56. The molecule has 1 aliphatic carbocycles. The van der Waals surface area contributed by atoms with Crippen molar-refractivity contribution >= 4 is 32.9 Å². The molecule has 1 aromatic heterocycles. The van der Waals surface area contributed by atoms with E-state index in [1.807, 2.05) is 18.7 Å². The minimum absolute atomic E-state index is 0.0639. The Morgan fingerprint density at radius 1 is 1.30 bits per heavy atom. The summed E-state index contributed by atoms with van der Waals surface area (Å²) in [7, 11) is 4.33. The van der Waals surface area contributed by atoms with E-state index in [2.05, 4.69) is 63.0 Å². The molecule has 1 fully saturated rings. The fourth-order valence-corrected chi connectivity index (χ4v) is 5.67. The molecule has 2 amide bonds. The van der Waals surface area contributed by atoms with Crippen LogP contribution in [0.4, 0.5) is 4.79 Å². The van der Waals surface area contributed by atoms with E-state index in [9.17, 15) is 4.79 Å². The summed E-state index contributed by atoms with van der Waals surface area (Å²) >= 11 is 3.82. The summed E-state index contributed by atoms with van der Waals surface area (Å²) in [4.78, 5) is 16.9. The number of aryl methyl sites for hydroxylation is 1. The van der Waals surface area contributed by atoms with E-state index in [0.717, 1.165) is 32.5 Å². The van der Waals surface area contributed by atoms with Crippen molar-refractivity contribution in [2.75, 3.05) is 26.7 Å². The Balaban J connectivity index is 1.66. The molecule has 1 N–H and O–H groups in total. The highest BCUT2D eigenvalue weighted by Crippen LogP contribution is 2.46. The number of likely N-dealkylation sites (tertiary alicyclic amines) is 1. The topological polar surface area (TPSA) is 40.5 Å². The Morgan fingerprint density at radius 2 is 2.04 bits per heavy atom. The Hall–Kier alpha value is -1.53. The molecule has 2 heterocycles. The Bertz CT molecular complexity index is 873. The Morgan fingerprint density at radius 3 is 2.74 bits per heavy atom. The van der Waals surface area contributed by atoms with Crippen molar-refractivity contribution in [3.05, 3.63) is 33.9 Å². The fourth-order valence-electron chi connectivity index (χ4n) is 5.12. The van der Waals surface area contributed by atoms with Crippen LogP contribution in [0.25, 0.3) is 10.9 Å².